The van der Waals surface area contributed by atoms with Crippen molar-refractivity contribution in [2.45, 2.75) is 51.9 Å². The molecule has 1 unspecified atom stereocenters. The van der Waals surface area contributed by atoms with Gasteiger partial charge in [0, 0.05) is 11.6 Å². The first kappa shape index (κ1) is 20.3. The van der Waals surface area contributed by atoms with Crippen LogP contribution in [0, 0.1) is 20.2 Å². The molecule has 0 fully saturated rings. The van der Waals surface area contributed by atoms with E-state index >= 15 is 0 Å². The molecule has 0 amide bonds. The molecule has 0 spiro atoms. The largest absolute Gasteiger partial charge is 0.513 e. The van der Waals surface area contributed by atoms with Gasteiger partial charge in [-0.3, -0.25) is 20.2 Å². The third kappa shape index (κ3) is 5.40. The first-order valence-corrected chi connectivity index (χ1v) is 8.08. The van der Waals surface area contributed by atoms with Crippen molar-refractivity contribution in [2.24, 2.45) is 0 Å². The molecule has 1 aromatic rings. The van der Waals surface area contributed by atoms with Crippen LogP contribution >= 0.6 is 0 Å². The van der Waals surface area contributed by atoms with E-state index in [1.807, 2.05) is 13.8 Å². The number of unbranched alkanes of at least 4 members (excludes halogenated alkanes) is 1. The third-order valence-corrected chi connectivity index (χ3v) is 3.84. The number of hydrogen-bond acceptors (Lipinski definition) is 7. The Morgan fingerprint density at radius 2 is 1.72 bits per heavy atom. The van der Waals surface area contributed by atoms with Crippen LogP contribution in [0.15, 0.2) is 12.1 Å². The molecule has 0 saturated carbocycles. The van der Waals surface area contributed by atoms with Gasteiger partial charge in [0.15, 0.2) is 0 Å². The van der Waals surface area contributed by atoms with Gasteiger partial charge in [0.05, 0.1) is 23.0 Å². The summed E-state index contributed by atoms with van der Waals surface area (Å²) in [4.78, 5) is 32.7. The van der Waals surface area contributed by atoms with E-state index < -0.39 is 27.4 Å². The Hall–Kier alpha value is -2.71. The fraction of sp³-hybridized carbons (Fsp3) is 0.562. The van der Waals surface area contributed by atoms with E-state index in [0.717, 1.165) is 38.5 Å². The average Bonchev–Trinajstić information content (AvgIpc) is 2.57. The van der Waals surface area contributed by atoms with Crippen LogP contribution in [0.5, 0.6) is 5.75 Å². The minimum Gasteiger partial charge on any atom is -0.437 e. The van der Waals surface area contributed by atoms with Crippen molar-refractivity contribution in [3.63, 3.8) is 0 Å². The molecule has 0 aliphatic carbocycles. The number of nitro benzene ring substituents is 2. The molecule has 1 atom stereocenters. The van der Waals surface area contributed by atoms with Crippen LogP contribution in [0.25, 0.3) is 0 Å². The number of carbonyl (C=O) groups is 1. The van der Waals surface area contributed by atoms with Crippen LogP contribution in [0.2, 0.25) is 0 Å². The maximum atomic E-state index is 11.5. The van der Waals surface area contributed by atoms with Crippen molar-refractivity contribution in [2.75, 3.05) is 7.11 Å². The van der Waals surface area contributed by atoms with Gasteiger partial charge < -0.3 is 9.47 Å². The quantitative estimate of drug-likeness (QED) is 0.272. The highest BCUT2D eigenvalue weighted by molar-refractivity contribution is 5.68. The SMILES string of the molecule is CCCCC(CCC)c1cc([N+](=O)[O-])c(OC(=O)OC)cc1[N+](=O)[O-]. The van der Waals surface area contributed by atoms with Crippen molar-refractivity contribution in [3.8, 4) is 5.75 Å². The lowest BCUT2D eigenvalue weighted by molar-refractivity contribution is -0.390. The zero-order chi connectivity index (χ0) is 19.0. The molecular weight excluding hydrogens is 332 g/mol. The number of methoxy groups -OCH3 is 1. The molecule has 0 heterocycles. The van der Waals surface area contributed by atoms with Crippen molar-refractivity contribution >= 4 is 17.5 Å². The Labute approximate surface area is 145 Å². The molecule has 0 aliphatic heterocycles. The maximum Gasteiger partial charge on any atom is 0.513 e. The molecule has 9 heteroatoms. The number of benzene rings is 1. The molecule has 0 saturated heterocycles. The van der Waals surface area contributed by atoms with E-state index in [0.29, 0.717) is 18.4 Å². The third-order valence-electron chi connectivity index (χ3n) is 3.84. The number of rotatable bonds is 9. The van der Waals surface area contributed by atoms with Gasteiger partial charge >= 0.3 is 11.8 Å². The number of carbonyl (C=O) groups excluding carboxylic acids is 1. The van der Waals surface area contributed by atoms with E-state index in [1.165, 1.54) is 0 Å². The number of nitrogens with zero attached hydrogens (tertiary/aromatic N) is 2. The Morgan fingerprint density at radius 3 is 2.20 bits per heavy atom. The minimum atomic E-state index is -1.18. The van der Waals surface area contributed by atoms with Crippen molar-refractivity contribution in [1.82, 2.24) is 0 Å². The Bertz CT molecular complexity index is 646. The zero-order valence-corrected chi connectivity index (χ0v) is 14.5. The van der Waals surface area contributed by atoms with Crippen LogP contribution in [0.3, 0.4) is 0 Å². The summed E-state index contributed by atoms with van der Waals surface area (Å²) in [6, 6.07) is 2.07. The molecule has 0 N–H and O–H groups in total. The highest BCUT2D eigenvalue weighted by Gasteiger charge is 2.30. The van der Waals surface area contributed by atoms with Crippen molar-refractivity contribution in [3.05, 3.63) is 37.9 Å². The van der Waals surface area contributed by atoms with Crippen LogP contribution in [-0.4, -0.2) is 23.1 Å². The fourth-order valence-corrected chi connectivity index (χ4v) is 2.67. The van der Waals surface area contributed by atoms with Crippen LogP contribution in [0.4, 0.5) is 16.2 Å². The summed E-state index contributed by atoms with van der Waals surface area (Å²) >= 11 is 0. The molecule has 138 valence electrons. The van der Waals surface area contributed by atoms with E-state index in [-0.39, 0.29) is 11.6 Å². The second kappa shape index (κ2) is 9.55. The summed E-state index contributed by atoms with van der Waals surface area (Å²) in [6.45, 7) is 3.96. The normalized spacial score (nSPS) is 11.6. The van der Waals surface area contributed by atoms with E-state index in [9.17, 15) is 25.0 Å². The molecule has 1 aromatic carbocycles. The molecule has 0 radical (unpaired) electrons. The molecular formula is C16H22N2O7. The molecule has 0 aliphatic rings. The van der Waals surface area contributed by atoms with E-state index in [1.54, 1.807) is 0 Å². The number of hydrogen-bond donors (Lipinski definition) is 0. The van der Waals surface area contributed by atoms with Gasteiger partial charge in [0.1, 0.15) is 0 Å². The van der Waals surface area contributed by atoms with Crippen molar-refractivity contribution < 1.29 is 24.1 Å². The summed E-state index contributed by atoms with van der Waals surface area (Å²) in [5.74, 6) is -0.672. The van der Waals surface area contributed by atoms with Gasteiger partial charge in [-0.1, -0.05) is 33.1 Å². The lowest BCUT2D eigenvalue weighted by Crippen LogP contribution is -2.11. The molecule has 9 nitrogen and oxygen atoms in total. The summed E-state index contributed by atoms with van der Waals surface area (Å²) in [7, 11) is 1.04. The summed E-state index contributed by atoms with van der Waals surface area (Å²) in [5, 5.41) is 22.8. The Morgan fingerprint density at radius 1 is 1.08 bits per heavy atom. The highest BCUT2D eigenvalue weighted by Crippen LogP contribution is 2.41. The summed E-state index contributed by atoms with van der Waals surface area (Å²) in [6.07, 6.45) is 2.76. The van der Waals surface area contributed by atoms with Gasteiger partial charge in [-0.2, -0.15) is 0 Å². The second-order valence-corrected chi connectivity index (χ2v) is 5.58. The highest BCUT2D eigenvalue weighted by atomic mass is 16.7. The monoisotopic (exact) mass is 354 g/mol. The minimum absolute atomic E-state index is 0.170. The standard InChI is InChI=1S/C16H22N2O7/c1-4-6-8-11(7-5-2)12-9-14(18(22)23)15(25-16(19)24-3)10-13(12)17(20)21/h9-11H,4-8H2,1-3H3. The van der Waals surface area contributed by atoms with Gasteiger partial charge in [-0.15, -0.1) is 0 Å². The lowest BCUT2D eigenvalue weighted by Gasteiger charge is -2.17. The Kier molecular flexibility index (Phi) is 7.77. The van der Waals surface area contributed by atoms with Crippen LogP contribution in [0.1, 0.15) is 57.4 Å². The average molecular weight is 354 g/mol. The molecule has 25 heavy (non-hydrogen) atoms. The number of ether oxygens (including phenoxy) is 2. The zero-order valence-electron chi connectivity index (χ0n) is 14.5. The van der Waals surface area contributed by atoms with Gasteiger partial charge in [0.25, 0.3) is 5.69 Å². The summed E-state index contributed by atoms with van der Waals surface area (Å²) < 4.78 is 9.02. The first-order chi connectivity index (χ1) is 11.8. The van der Waals surface area contributed by atoms with Crippen LogP contribution in [-0.2, 0) is 4.74 Å². The van der Waals surface area contributed by atoms with E-state index in [4.69, 9.17) is 4.74 Å². The smallest absolute Gasteiger partial charge is 0.437 e. The van der Waals surface area contributed by atoms with Gasteiger partial charge in [-0.25, -0.2) is 4.79 Å². The number of nitro groups is 2. The van der Waals surface area contributed by atoms with E-state index in [2.05, 4.69) is 4.74 Å². The topological polar surface area (TPSA) is 122 Å². The van der Waals surface area contributed by atoms with Crippen LogP contribution < -0.4 is 4.74 Å². The Balaban J connectivity index is 3.48. The predicted molar refractivity (Wildman–Crippen MR) is 90.0 cm³/mol. The predicted octanol–water partition coefficient (Wildman–Crippen LogP) is 4.72. The lowest BCUT2D eigenvalue weighted by atomic mass is 9.88. The first-order valence-electron chi connectivity index (χ1n) is 8.08. The van der Waals surface area contributed by atoms with Gasteiger partial charge in [-0.05, 0) is 18.8 Å². The van der Waals surface area contributed by atoms with Crippen molar-refractivity contribution in [1.29, 1.82) is 0 Å². The molecule has 0 aromatic heterocycles. The van der Waals surface area contributed by atoms with Gasteiger partial charge in [0.2, 0.25) is 5.75 Å². The summed E-state index contributed by atoms with van der Waals surface area (Å²) in [5.41, 5.74) is -0.494. The molecule has 1 rings (SSSR count). The maximum absolute atomic E-state index is 11.5. The second-order valence-electron chi connectivity index (χ2n) is 5.58. The molecule has 0 bridgehead atoms. The fourth-order valence-electron chi connectivity index (χ4n) is 2.67.